The van der Waals surface area contributed by atoms with Crippen LogP contribution in [0.4, 0.5) is 0 Å². The molecule has 0 aliphatic carbocycles. The van der Waals surface area contributed by atoms with Crippen molar-refractivity contribution in [3.05, 3.63) is 11.7 Å². The fourth-order valence-electron chi connectivity index (χ4n) is 4.97. The third kappa shape index (κ3) is 6.27. The predicted molar refractivity (Wildman–Crippen MR) is 121 cm³/mol. The van der Waals surface area contributed by atoms with Crippen molar-refractivity contribution in [3.63, 3.8) is 0 Å². The van der Waals surface area contributed by atoms with Crippen LogP contribution in [0, 0.1) is 12.3 Å². The Labute approximate surface area is 191 Å². The highest BCUT2D eigenvalue weighted by Gasteiger charge is 2.48. The van der Waals surface area contributed by atoms with Gasteiger partial charge in [-0.05, 0) is 57.7 Å². The molecule has 0 bridgehead atoms. The van der Waals surface area contributed by atoms with E-state index in [0.717, 1.165) is 51.9 Å². The first-order valence-corrected chi connectivity index (χ1v) is 13.5. The molecule has 1 atom stereocenters. The van der Waals surface area contributed by atoms with Crippen LogP contribution < -0.4 is 5.32 Å². The zero-order valence-corrected chi connectivity index (χ0v) is 20.7. The molecule has 32 heavy (non-hydrogen) atoms. The number of rotatable bonds is 10. The Morgan fingerprint density at radius 2 is 1.97 bits per heavy atom. The van der Waals surface area contributed by atoms with Crippen LogP contribution >= 0.6 is 0 Å². The molecule has 2 aliphatic rings. The first-order chi connectivity index (χ1) is 15.2. The van der Waals surface area contributed by atoms with E-state index in [2.05, 4.69) is 39.1 Å². The first-order valence-electron chi connectivity index (χ1n) is 11.6. The number of amides is 1. The van der Waals surface area contributed by atoms with Gasteiger partial charge < -0.3 is 14.7 Å². The second-order valence-electron chi connectivity index (χ2n) is 9.20. The average molecular weight is 471 g/mol. The van der Waals surface area contributed by atoms with E-state index in [4.69, 9.17) is 4.52 Å². The molecular weight excluding hydrogens is 432 g/mol. The minimum atomic E-state index is -3.18. The number of nitrogens with zero attached hydrogens (tertiary/aromatic N) is 5. The normalized spacial score (nSPS) is 22.1. The number of sulfonamides is 1. The summed E-state index contributed by atoms with van der Waals surface area (Å²) < 4.78 is 30.9. The van der Waals surface area contributed by atoms with E-state index in [9.17, 15) is 13.2 Å². The van der Waals surface area contributed by atoms with Crippen molar-refractivity contribution < 1.29 is 17.7 Å². The second-order valence-corrected chi connectivity index (χ2v) is 11.2. The highest BCUT2D eigenvalue weighted by molar-refractivity contribution is 7.88. The molecule has 0 radical (unpaired) electrons. The Morgan fingerprint density at radius 3 is 2.53 bits per heavy atom. The van der Waals surface area contributed by atoms with Gasteiger partial charge in [0.25, 0.3) is 0 Å². The molecule has 10 nitrogen and oxygen atoms in total. The van der Waals surface area contributed by atoms with Gasteiger partial charge in [0.15, 0.2) is 5.82 Å². The molecule has 1 aromatic heterocycles. The van der Waals surface area contributed by atoms with Gasteiger partial charge in [-0.3, -0.25) is 9.69 Å². The molecule has 2 saturated heterocycles. The Hall–Kier alpha value is -1.56. The van der Waals surface area contributed by atoms with Crippen LogP contribution in [-0.2, 0) is 14.8 Å². The standard InChI is InChI=1S/C21H38N6O4S/c1-5-25(6-2)11-7-10-22-19(28)15-26-16-21(8-12-27(13-9-21)32(4,29)30)14-18(26)20-23-17(3)24-31-20/h18H,5-16H2,1-4H3,(H,22,28). The monoisotopic (exact) mass is 470 g/mol. The van der Waals surface area contributed by atoms with E-state index in [-0.39, 0.29) is 23.9 Å². The van der Waals surface area contributed by atoms with E-state index >= 15 is 0 Å². The number of carbonyl (C=O) groups excluding carboxylic acids is 1. The Balaban J connectivity index is 1.60. The summed E-state index contributed by atoms with van der Waals surface area (Å²) in [5, 5.41) is 6.99. The van der Waals surface area contributed by atoms with E-state index in [1.165, 1.54) is 6.26 Å². The van der Waals surface area contributed by atoms with Crippen molar-refractivity contribution in [1.82, 2.24) is 29.6 Å². The molecule has 0 aromatic carbocycles. The topological polar surface area (TPSA) is 112 Å². The summed E-state index contributed by atoms with van der Waals surface area (Å²) in [5.41, 5.74) is -0.0444. The molecule has 0 saturated carbocycles. The summed E-state index contributed by atoms with van der Waals surface area (Å²) in [6.07, 6.45) is 4.52. The zero-order chi connectivity index (χ0) is 23.4. The lowest BCUT2D eigenvalue weighted by Gasteiger charge is -2.38. The van der Waals surface area contributed by atoms with E-state index in [0.29, 0.717) is 31.3 Å². The smallest absolute Gasteiger partial charge is 0.244 e. The SMILES string of the molecule is CCN(CC)CCCNC(=O)CN1CC2(CCN(S(C)(=O)=O)CC2)CC1c1nc(C)no1. The van der Waals surface area contributed by atoms with E-state index < -0.39 is 10.0 Å². The van der Waals surface area contributed by atoms with Crippen LogP contribution in [0.2, 0.25) is 0 Å². The van der Waals surface area contributed by atoms with Crippen LogP contribution in [-0.4, -0.2) is 97.2 Å². The number of likely N-dealkylation sites (tertiary alicyclic amines) is 1. The lowest BCUT2D eigenvalue weighted by atomic mass is 9.77. The van der Waals surface area contributed by atoms with Crippen LogP contribution in [0.3, 0.4) is 0 Å². The van der Waals surface area contributed by atoms with E-state index in [1.54, 1.807) is 11.2 Å². The lowest BCUT2D eigenvalue weighted by Crippen LogP contribution is -2.44. The van der Waals surface area contributed by atoms with Crippen molar-refractivity contribution in [2.24, 2.45) is 5.41 Å². The summed E-state index contributed by atoms with van der Waals surface area (Å²) >= 11 is 0. The maximum absolute atomic E-state index is 12.7. The minimum absolute atomic E-state index is 0.00333. The molecule has 2 fully saturated rings. The maximum Gasteiger partial charge on any atom is 0.244 e. The van der Waals surface area contributed by atoms with Gasteiger partial charge in [-0.1, -0.05) is 19.0 Å². The number of nitrogens with one attached hydrogen (secondary N) is 1. The third-order valence-corrected chi connectivity index (χ3v) is 8.20. The predicted octanol–water partition coefficient (Wildman–Crippen LogP) is 1.01. The molecule has 1 amide bonds. The number of aryl methyl sites for hydroxylation is 1. The highest BCUT2D eigenvalue weighted by atomic mass is 32.2. The van der Waals surface area contributed by atoms with E-state index in [1.807, 2.05) is 0 Å². The van der Waals surface area contributed by atoms with Crippen LogP contribution in [0.25, 0.3) is 0 Å². The molecule has 1 spiro atoms. The van der Waals surface area contributed by atoms with Gasteiger partial charge in [0.1, 0.15) is 0 Å². The Bertz CT molecular complexity index is 861. The number of hydrogen-bond donors (Lipinski definition) is 1. The van der Waals surface area contributed by atoms with Crippen molar-refractivity contribution in [2.45, 2.75) is 52.5 Å². The average Bonchev–Trinajstić information content (AvgIpc) is 3.31. The van der Waals surface area contributed by atoms with Gasteiger partial charge in [0.05, 0.1) is 18.8 Å². The fraction of sp³-hybridized carbons (Fsp3) is 0.857. The van der Waals surface area contributed by atoms with Crippen LogP contribution in [0.5, 0.6) is 0 Å². The highest BCUT2D eigenvalue weighted by Crippen LogP contribution is 2.48. The summed E-state index contributed by atoms with van der Waals surface area (Å²) in [4.78, 5) is 21.6. The minimum Gasteiger partial charge on any atom is -0.355 e. The first kappa shape index (κ1) is 25.1. The molecule has 1 aromatic rings. The Kier molecular flexibility index (Phi) is 8.29. The van der Waals surface area contributed by atoms with Crippen molar-refractivity contribution in [3.8, 4) is 0 Å². The number of carbonyl (C=O) groups is 1. The molecule has 3 heterocycles. The summed E-state index contributed by atoms with van der Waals surface area (Å²) in [7, 11) is -3.18. The fourth-order valence-corrected chi connectivity index (χ4v) is 5.81. The molecule has 3 rings (SSSR count). The molecule has 1 unspecified atom stereocenters. The van der Waals surface area contributed by atoms with Gasteiger partial charge >= 0.3 is 0 Å². The van der Waals surface area contributed by atoms with Crippen LogP contribution in [0.15, 0.2) is 4.52 Å². The Morgan fingerprint density at radius 1 is 1.28 bits per heavy atom. The molecule has 1 N–H and O–H groups in total. The largest absolute Gasteiger partial charge is 0.355 e. The molecule has 2 aliphatic heterocycles. The van der Waals surface area contributed by atoms with Crippen molar-refractivity contribution in [2.75, 3.05) is 58.6 Å². The molecule has 182 valence electrons. The number of hydrogen-bond acceptors (Lipinski definition) is 8. The number of aromatic nitrogens is 2. The summed E-state index contributed by atoms with van der Waals surface area (Å²) in [5.74, 6) is 1.12. The summed E-state index contributed by atoms with van der Waals surface area (Å²) in [6, 6.07) is -0.123. The maximum atomic E-state index is 12.7. The van der Waals surface area contributed by atoms with Gasteiger partial charge in [0.2, 0.25) is 21.8 Å². The van der Waals surface area contributed by atoms with Crippen molar-refractivity contribution in [1.29, 1.82) is 0 Å². The van der Waals surface area contributed by atoms with Crippen molar-refractivity contribution >= 4 is 15.9 Å². The molecule has 11 heteroatoms. The summed E-state index contributed by atoms with van der Waals surface area (Å²) in [6.45, 7) is 11.8. The van der Waals surface area contributed by atoms with Gasteiger partial charge in [-0.15, -0.1) is 0 Å². The quantitative estimate of drug-likeness (QED) is 0.505. The van der Waals surface area contributed by atoms with Gasteiger partial charge in [0, 0.05) is 26.2 Å². The zero-order valence-electron chi connectivity index (χ0n) is 19.8. The third-order valence-electron chi connectivity index (χ3n) is 6.90. The van der Waals surface area contributed by atoms with Gasteiger partial charge in [-0.25, -0.2) is 12.7 Å². The molecular formula is C21H38N6O4S. The second kappa shape index (κ2) is 10.6. The van der Waals surface area contributed by atoms with Crippen LogP contribution in [0.1, 0.15) is 57.3 Å². The van der Waals surface area contributed by atoms with Gasteiger partial charge in [-0.2, -0.15) is 4.98 Å². The number of piperidine rings is 1. The lowest BCUT2D eigenvalue weighted by molar-refractivity contribution is -0.122.